The van der Waals surface area contributed by atoms with Crippen LogP contribution in [0.25, 0.3) is 0 Å². The van der Waals surface area contributed by atoms with E-state index in [-0.39, 0.29) is 5.92 Å². The van der Waals surface area contributed by atoms with E-state index in [4.69, 9.17) is 22.1 Å². The molecule has 0 aliphatic heterocycles. The lowest BCUT2D eigenvalue weighted by atomic mass is 9.89. The predicted octanol–water partition coefficient (Wildman–Crippen LogP) is 3.51. The molecule has 0 saturated carbocycles. The number of ether oxygens (including phenoxy) is 1. The fourth-order valence-corrected chi connectivity index (χ4v) is 2.55. The second-order valence-electron chi connectivity index (χ2n) is 4.84. The Balaban J connectivity index is 2.22. The molecule has 2 atom stereocenters. The fourth-order valence-electron chi connectivity index (χ4n) is 2.35. The number of halogens is 1. The summed E-state index contributed by atoms with van der Waals surface area (Å²) < 4.78 is 5.42. The van der Waals surface area contributed by atoms with Gasteiger partial charge in [-0.05, 0) is 42.3 Å². The van der Waals surface area contributed by atoms with Gasteiger partial charge in [-0.2, -0.15) is 0 Å². The molecule has 2 aromatic rings. The van der Waals surface area contributed by atoms with E-state index in [1.807, 2.05) is 43.3 Å². The lowest BCUT2D eigenvalue weighted by Crippen LogP contribution is -2.20. The smallest absolute Gasteiger partial charge is 0.119 e. The standard InChI is InChI=1S/C17H20ClNO2/c1-2-21-15-8-6-12(7-9-15)16(11-19)17(20)13-4-3-5-14(18)10-13/h3-10,16-17,20H,2,11,19H2,1H3. The van der Waals surface area contributed by atoms with Gasteiger partial charge in [0.15, 0.2) is 0 Å². The van der Waals surface area contributed by atoms with Crippen LogP contribution in [0.15, 0.2) is 48.5 Å². The molecule has 0 saturated heterocycles. The highest BCUT2D eigenvalue weighted by atomic mass is 35.5. The van der Waals surface area contributed by atoms with Crippen LogP contribution in [-0.2, 0) is 0 Å². The SMILES string of the molecule is CCOc1ccc(C(CN)C(O)c2cccc(Cl)c2)cc1. The van der Waals surface area contributed by atoms with E-state index in [2.05, 4.69) is 0 Å². The number of benzene rings is 2. The van der Waals surface area contributed by atoms with Gasteiger partial charge >= 0.3 is 0 Å². The van der Waals surface area contributed by atoms with Gasteiger partial charge in [0.2, 0.25) is 0 Å². The number of aliphatic hydroxyl groups excluding tert-OH is 1. The van der Waals surface area contributed by atoms with E-state index < -0.39 is 6.10 Å². The molecule has 0 heterocycles. The molecule has 3 N–H and O–H groups in total. The Bertz CT molecular complexity index is 571. The van der Waals surface area contributed by atoms with Crippen LogP contribution in [0.3, 0.4) is 0 Å². The maximum absolute atomic E-state index is 10.6. The summed E-state index contributed by atoms with van der Waals surface area (Å²) in [6.45, 7) is 2.92. The monoisotopic (exact) mass is 305 g/mol. The molecule has 0 radical (unpaired) electrons. The number of hydrogen-bond donors (Lipinski definition) is 2. The largest absolute Gasteiger partial charge is 0.494 e. The summed E-state index contributed by atoms with van der Waals surface area (Å²) in [6.07, 6.45) is -0.688. The molecule has 0 amide bonds. The lowest BCUT2D eigenvalue weighted by Gasteiger charge is -2.22. The minimum atomic E-state index is -0.688. The number of rotatable bonds is 6. The third kappa shape index (κ3) is 3.97. The molecule has 4 heteroatoms. The molecule has 0 bridgehead atoms. The lowest BCUT2D eigenvalue weighted by molar-refractivity contribution is 0.147. The average Bonchev–Trinajstić information content (AvgIpc) is 2.50. The van der Waals surface area contributed by atoms with Crippen molar-refractivity contribution in [1.29, 1.82) is 0 Å². The Morgan fingerprint density at radius 2 is 1.86 bits per heavy atom. The molecule has 0 aromatic heterocycles. The van der Waals surface area contributed by atoms with E-state index in [9.17, 15) is 5.11 Å². The molecular formula is C17H20ClNO2. The predicted molar refractivity (Wildman–Crippen MR) is 85.8 cm³/mol. The van der Waals surface area contributed by atoms with Gasteiger partial charge in [0.1, 0.15) is 5.75 Å². The van der Waals surface area contributed by atoms with Gasteiger partial charge in [-0.3, -0.25) is 0 Å². The Morgan fingerprint density at radius 3 is 2.43 bits per heavy atom. The van der Waals surface area contributed by atoms with Crippen LogP contribution in [0.5, 0.6) is 5.75 Å². The van der Waals surface area contributed by atoms with E-state index >= 15 is 0 Å². The van der Waals surface area contributed by atoms with Crippen LogP contribution >= 0.6 is 11.6 Å². The molecule has 3 nitrogen and oxygen atoms in total. The molecule has 0 aliphatic carbocycles. The summed E-state index contributed by atoms with van der Waals surface area (Å²) in [5, 5.41) is 11.2. The van der Waals surface area contributed by atoms with Crippen molar-refractivity contribution >= 4 is 11.6 Å². The Labute approximate surface area is 130 Å². The minimum Gasteiger partial charge on any atom is -0.494 e. The molecule has 0 fully saturated rings. The van der Waals surface area contributed by atoms with Crippen molar-refractivity contribution in [3.05, 3.63) is 64.7 Å². The highest BCUT2D eigenvalue weighted by molar-refractivity contribution is 6.30. The third-order valence-electron chi connectivity index (χ3n) is 3.44. The summed E-state index contributed by atoms with van der Waals surface area (Å²) in [4.78, 5) is 0. The van der Waals surface area contributed by atoms with Gasteiger partial charge in [0, 0.05) is 17.5 Å². The van der Waals surface area contributed by atoms with Gasteiger partial charge < -0.3 is 15.6 Å². The van der Waals surface area contributed by atoms with E-state index in [1.165, 1.54) is 0 Å². The quantitative estimate of drug-likeness (QED) is 0.858. The Morgan fingerprint density at radius 1 is 1.14 bits per heavy atom. The van der Waals surface area contributed by atoms with E-state index in [0.717, 1.165) is 16.9 Å². The second-order valence-corrected chi connectivity index (χ2v) is 5.28. The first-order valence-corrected chi connectivity index (χ1v) is 7.39. The Kier molecular flexibility index (Phi) is 5.62. The summed E-state index contributed by atoms with van der Waals surface area (Å²) in [6, 6.07) is 14.9. The highest BCUT2D eigenvalue weighted by Gasteiger charge is 2.21. The third-order valence-corrected chi connectivity index (χ3v) is 3.68. The second kappa shape index (κ2) is 7.46. The molecule has 21 heavy (non-hydrogen) atoms. The van der Waals surface area contributed by atoms with E-state index in [1.54, 1.807) is 12.1 Å². The van der Waals surface area contributed by atoms with Crippen LogP contribution in [0.4, 0.5) is 0 Å². The minimum absolute atomic E-state index is 0.181. The maximum Gasteiger partial charge on any atom is 0.119 e. The van der Waals surface area contributed by atoms with Gasteiger partial charge in [0.25, 0.3) is 0 Å². The topological polar surface area (TPSA) is 55.5 Å². The van der Waals surface area contributed by atoms with Crippen LogP contribution in [0.1, 0.15) is 30.1 Å². The first-order valence-electron chi connectivity index (χ1n) is 7.02. The van der Waals surface area contributed by atoms with Gasteiger partial charge in [0.05, 0.1) is 12.7 Å². The molecule has 2 aromatic carbocycles. The van der Waals surface area contributed by atoms with Crippen LogP contribution in [0, 0.1) is 0 Å². The maximum atomic E-state index is 10.6. The van der Waals surface area contributed by atoms with Gasteiger partial charge in [-0.1, -0.05) is 35.9 Å². The molecule has 112 valence electrons. The van der Waals surface area contributed by atoms with Crippen molar-refractivity contribution in [3.63, 3.8) is 0 Å². The van der Waals surface area contributed by atoms with Crippen molar-refractivity contribution < 1.29 is 9.84 Å². The molecule has 2 unspecified atom stereocenters. The number of aliphatic hydroxyl groups is 1. The van der Waals surface area contributed by atoms with Crippen molar-refractivity contribution in [2.75, 3.05) is 13.2 Å². The molecule has 0 spiro atoms. The van der Waals surface area contributed by atoms with Gasteiger partial charge in [-0.25, -0.2) is 0 Å². The first kappa shape index (κ1) is 15.8. The van der Waals surface area contributed by atoms with Crippen molar-refractivity contribution in [1.82, 2.24) is 0 Å². The van der Waals surface area contributed by atoms with Crippen molar-refractivity contribution in [2.45, 2.75) is 18.9 Å². The number of hydrogen-bond acceptors (Lipinski definition) is 3. The van der Waals surface area contributed by atoms with Gasteiger partial charge in [-0.15, -0.1) is 0 Å². The summed E-state index contributed by atoms with van der Waals surface area (Å²) in [7, 11) is 0. The number of nitrogens with two attached hydrogens (primary N) is 1. The van der Waals surface area contributed by atoms with Crippen molar-refractivity contribution in [2.24, 2.45) is 5.73 Å². The Hall–Kier alpha value is -1.55. The van der Waals surface area contributed by atoms with Crippen molar-refractivity contribution in [3.8, 4) is 5.75 Å². The van der Waals surface area contributed by atoms with Crippen LogP contribution in [-0.4, -0.2) is 18.3 Å². The summed E-state index contributed by atoms with van der Waals surface area (Å²) in [5.74, 6) is 0.633. The zero-order chi connectivity index (χ0) is 15.2. The van der Waals surface area contributed by atoms with E-state index in [0.29, 0.717) is 18.2 Å². The summed E-state index contributed by atoms with van der Waals surface area (Å²) in [5.41, 5.74) is 7.60. The molecule has 2 rings (SSSR count). The zero-order valence-electron chi connectivity index (χ0n) is 12.0. The summed E-state index contributed by atoms with van der Waals surface area (Å²) >= 11 is 5.98. The fraction of sp³-hybridized carbons (Fsp3) is 0.294. The molecular weight excluding hydrogens is 286 g/mol. The van der Waals surface area contributed by atoms with Crippen LogP contribution in [0.2, 0.25) is 5.02 Å². The zero-order valence-corrected chi connectivity index (χ0v) is 12.8. The average molecular weight is 306 g/mol. The highest BCUT2D eigenvalue weighted by Crippen LogP contribution is 2.32. The molecule has 0 aliphatic rings. The van der Waals surface area contributed by atoms with Crippen LogP contribution < -0.4 is 10.5 Å². The first-order chi connectivity index (χ1) is 10.2. The normalized spacial score (nSPS) is 13.7.